The van der Waals surface area contributed by atoms with Crippen LogP contribution in [0.4, 0.5) is 0 Å². The normalized spacial score (nSPS) is 12.2. The first-order valence-electron chi connectivity index (χ1n) is 6.44. The summed E-state index contributed by atoms with van der Waals surface area (Å²) in [6.45, 7) is 2.83. The lowest BCUT2D eigenvalue weighted by Gasteiger charge is -2.14. The molecule has 0 saturated carbocycles. The van der Waals surface area contributed by atoms with Crippen molar-refractivity contribution in [2.24, 2.45) is 5.73 Å². The van der Waals surface area contributed by atoms with Crippen molar-refractivity contribution in [3.8, 4) is 5.75 Å². The molecule has 0 radical (unpaired) electrons. The summed E-state index contributed by atoms with van der Waals surface area (Å²) in [5.41, 5.74) is 8.45. The average molecular weight is 320 g/mol. The number of rotatable bonds is 5. The Labute approximate surface area is 122 Å². The summed E-state index contributed by atoms with van der Waals surface area (Å²) in [7, 11) is 0. The minimum Gasteiger partial charge on any atom is -0.494 e. The van der Waals surface area contributed by atoms with E-state index in [2.05, 4.69) is 22.9 Å². The molecule has 0 aromatic heterocycles. The SMILES string of the molecule is CCCOc1cccc(C(N)c2ccc(Br)cc2)c1. The molecule has 19 heavy (non-hydrogen) atoms. The molecule has 0 bridgehead atoms. The molecule has 0 saturated heterocycles. The van der Waals surface area contributed by atoms with E-state index in [1.807, 2.05) is 48.5 Å². The molecule has 2 N–H and O–H groups in total. The van der Waals surface area contributed by atoms with E-state index in [0.29, 0.717) is 0 Å². The first-order valence-corrected chi connectivity index (χ1v) is 7.24. The molecule has 2 aromatic rings. The molecule has 2 rings (SSSR count). The molecule has 0 aliphatic heterocycles. The summed E-state index contributed by atoms with van der Waals surface area (Å²) in [4.78, 5) is 0. The van der Waals surface area contributed by atoms with Crippen molar-refractivity contribution in [1.82, 2.24) is 0 Å². The molecule has 0 fully saturated rings. The van der Waals surface area contributed by atoms with Gasteiger partial charge in [-0.05, 0) is 41.8 Å². The Hall–Kier alpha value is -1.32. The van der Waals surface area contributed by atoms with E-state index in [0.717, 1.165) is 34.4 Å². The lowest BCUT2D eigenvalue weighted by atomic mass is 10.00. The number of hydrogen-bond acceptors (Lipinski definition) is 2. The molecule has 3 heteroatoms. The quantitative estimate of drug-likeness (QED) is 0.892. The second-order valence-electron chi connectivity index (χ2n) is 4.45. The minimum absolute atomic E-state index is 0.127. The van der Waals surface area contributed by atoms with Crippen LogP contribution in [0.25, 0.3) is 0 Å². The predicted octanol–water partition coefficient (Wildman–Crippen LogP) is 4.29. The monoisotopic (exact) mass is 319 g/mol. The van der Waals surface area contributed by atoms with Crippen molar-refractivity contribution < 1.29 is 4.74 Å². The fourth-order valence-electron chi connectivity index (χ4n) is 1.88. The Kier molecular flexibility index (Phi) is 5.00. The molecule has 0 aliphatic rings. The van der Waals surface area contributed by atoms with Crippen LogP contribution in [-0.4, -0.2) is 6.61 Å². The van der Waals surface area contributed by atoms with E-state index < -0.39 is 0 Å². The first-order chi connectivity index (χ1) is 9.20. The summed E-state index contributed by atoms with van der Waals surface area (Å²) in [6.07, 6.45) is 1.00. The third-order valence-electron chi connectivity index (χ3n) is 2.92. The van der Waals surface area contributed by atoms with E-state index in [1.54, 1.807) is 0 Å². The van der Waals surface area contributed by atoms with E-state index in [-0.39, 0.29) is 6.04 Å². The molecule has 0 heterocycles. The predicted molar refractivity (Wildman–Crippen MR) is 82.4 cm³/mol. The Morgan fingerprint density at radius 2 is 1.84 bits per heavy atom. The Balaban J connectivity index is 2.18. The molecule has 1 atom stereocenters. The van der Waals surface area contributed by atoms with E-state index in [4.69, 9.17) is 10.5 Å². The summed E-state index contributed by atoms with van der Waals surface area (Å²) in [5.74, 6) is 0.881. The smallest absolute Gasteiger partial charge is 0.119 e. The van der Waals surface area contributed by atoms with Gasteiger partial charge in [-0.15, -0.1) is 0 Å². The molecular weight excluding hydrogens is 302 g/mol. The lowest BCUT2D eigenvalue weighted by molar-refractivity contribution is 0.317. The molecule has 0 spiro atoms. The highest BCUT2D eigenvalue weighted by Gasteiger charge is 2.09. The maximum absolute atomic E-state index is 6.29. The minimum atomic E-state index is -0.127. The number of nitrogens with two attached hydrogens (primary N) is 1. The van der Waals surface area contributed by atoms with Crippen LogP contribution < -0.4 is 10.5 Å². The van der Waals surface area contributed by atoms with Crippen LogP contribution in [0.2, 0.25) is 0 Å². The maximum atomic E-state index is 6.29. The van der Waals surface area contributed by atoms with Gasteiger partial charge < -0.3 is 10.5 Å². The molecule has 100 valence electrons. The number of halogens is 1. The van der Waals surface area contributed by atoms with E-state index >= 15 is 0 Å². The molecule has 2 aromatic carbocycles. The van der Waals surface area contributed by atoms with Gasteiger partial charge in [0.25, 0.3) is 0 Å². The first kappa shape index (κ1) is 14.1. The van der Waals surface area contributed by atoms with E-state index in [1.165, 1.54) is 0 Å². The van der Waals surface area contributed by atoms with Crippen molar-refractivity contribution in [2.75, 3.05) is 6.61 Å². The topological polar surface area (TPSA) is 35.2 Å². The Bertz CT molecular complexity index is 525. The standard InChI is InChI=1S/C16H18BrNO/c1-2-10-19-15-5-3-4-13(11-15)16(18)12-6-8-14(17)9-7-12/h3-9,11,16H,2,10,18H2,1H3. The fraction of sp³-hybridized carbons (Fsp3) is 0.250. The van der Waals surface area contributed by atoms with E-state index in [9.17, 15) is 0 Å². The second-order valence-corrected chi connectivity index (χ2v) is 5.37. The van der Waals surface area contributed by atoms with Gasteiger partial charge in [0.2, 0.25) is 0 Å². The van der Waals surface area contributed by atoms with Crippen LogP contribution >= 0.6 is 15.9 Å². The second kappa shape index (κ2) is 6.73. The van der Waals surface area contributed by atoms with Crippen LogP contribution in [-0.2, 0) is 0 Å². The number of hydrogen-bond donors (Lipinski definition) is 1. The third-order valence-corrected chi connectivity index (χ3v) is 3.45. The van der Waals surface area contributed by atoms with Crippen LogP contribution in [0.5, 0.6) is 5.75 Å². The van der Waals surface area contributed by atoms with Gasteiger partial charge in [-0.2, -0.15) is 0 Å². The van der Waals surface area contributed by atoms with Crippen LogP contribution in [0, 0.1) is 0 Å². The highest BCUT2D eigenvalue weighted by Crippen LogP contribution is 2.24. The zero-order valence-corrected chi connectivity index (χ0v) is 12.6. The molecule has 0 amide bonds. The van der Waals surface area contributed by atoms with Crippen molar-refractivity contribution in [3.05, 3.63) is 64.1 Å². The van der Waals surface area contributed by atoms with Crippen LogP contribution in [0.15, 0.2) is 53.0 Å². The van der Waals surface area contributed by atoms with Crippen molar-refractivity contribution in [1.29, 1.82) is 0 Å². The van der Waals surface area contributed by atoms with Crippen molar-refractivity contribution in [2.45, 2.75) is 19.4 Å². The third kappa shape index (κ3) is 3.82. The van der Waals surface area contributed by atoms with Gasteiger partial charge in [-0.1, -0.05) is 47.1 Å². The highest BCUT2D eigenvalue weighted by atomic mass is 79.9. The lowest BCUT2D eigenvalue weighted by Crippen LogP contribution is -2.11. The summed E-state index contributed by atoms with van der Waals surface area (Å²) < 4.78 is 6.70. The zero-order chi connectivity index (χ0) is 13.7. The Morgan fingerprint density at radius 1 is 1.11 bits per heavy atom. The van der Waals surface area contributed by atoms with Gasteiger partial charge in [0, 0.05) is 4.47 Å². The van der Waals surface area contributed by atoms with Crippen LogP contribution in [0.1, 0.15) is 30.5 Å². The number of benzene rings is 2. The maximum Gasteiger partial charge on any atom is 0.119 e. The summed E-state index contributed by atoms with van der Waals surface area (Å²) in [5, 5.41) is 0. The summed E-state index contributed by atoms with van der Waals surface area (Å²) >= 11 is 3.43. The van der Waals surface area contributed by atoms with Gasteiger partial charge in [0.15, 0.2) is 0 Å². The van der Waals surface area contributed by atoms with Gasteiger partial charge in [0.05, 0.1) is 12.6 Å². The van der Waals surface area contributed by atoms with Gasteiger partial charge in [-0.3, -0.25) is 0 Å². The fourth-order valence-corrected chi connectivity index (χ4v) is 2.14. The molecule has 2 nitrogen and oxygen atoms in total. The molecular formula is C16H18BrNO. The largest absolute Gasteiger partial charge is 0.494 e. The average Bonchev–Trinajstić information content (AvgIpc) is 2.45. The van der Waals surface area contributed by atoms with Crippen LogP contribution in [0.3, 0.4) is 0 Å². The van der Waals surface area contributed by atoms with Gasteiger partial charge in [0.1, 0.15) is 5.75 Å². The Morgan fingerprint density at radius 3 is 2.53 bits per heavy atom. The molecule has 1 unspecified atom stereocenters. The van der Waals surface area contributed by atoms with Gasteiger partial charge >= 0.3 is 0 Å². The molecule has 0 aliphatic carbocycles. The van der Waals surface area contributed by atoms with Crippen molar-refractivity contribution >= 4 is 15.9 Å². The van der Waals surface area contributed by atoms with Gasteiger partial charge in [-0.25, -0.2) is 0 Å². The highest BCUT2D eigenvalue weighted by molar-refractivity contribution is 9.10. The zero-order valence-electron chi connectivity index (χ0n) is 11.0. The summed E-state index contributed by atoms with van der Waals surface area (Å²) in [6, 6.07) is 16.0. The van der Waals surface area contributed by atoms with Crippen molar-refractivity contribution in [3.63, 3.8) is 0 Å². The number of ether oxygens (including phenoxy) is 1.